The van der Waals surface area contributed by atoms with Crippen molar-refractivity contribution in [3.8, 4) is 0 Å². The summed E-state index contributed by atoms with van der Waals surface area (Å²) >= 11 is 0. The topological polar surface area (TPSA) is 32.3 Å². The Labute approximate surface area is 85.8 Å². The van der Waals surface area contributed by atoms with E-state index in [0.717, 1.165) is 24.3 Å². The first-order valence-corrected chi connectivity index (χ1v) is 5.62. The van der Waals surface area contributed by atoms with Crippen LogP contribution in [0.3, 0.4) is 0 Å². The monoisotopic (exact) mass is 196 g/mol. The predicted molar refractivity (Wildman–Crippen MR) is 56.0 cm³/mol. The Bertz CT molecular complexity index is 227. The highest BCUT2D eigenvalue weighted by Crippen LogP contribution is 2.47. The molecule has 0 aromatic heterocycles. The summed E-state index contributed by atoms with van der Waals surface area (Å²) in [5, 5.41) is 3.00. The number of urea groups is 1. The Morgan fingerprint density at radius 1 is 1.36 bits per heavy atom. The molecule has 3 atom stereocenters. The standard InChI is InChI=1S/C11H20N2O/c1-13(2)11(14)12-7-10-6-8-3-4-9(10)5-8/h8-10H,3-7H2,1-2H3,(H,12,14). The molecular weight excluding hydrogens is 176 g/mol. The van der Waals surface area contributed by atoms with Crippen LogP contribution in [0.1, 0.15) is 25.7 Å². The SMILES string of the molecule is CN(C)C(=O)NCC1CC2CCC1C2. The summed E-state index contributed by atoms with van der Waals surface area (Å²) < 4.78 is 0. The van der Waals surface area contributed by atoms with Crippen molar-refractivity contribution in [2.24, 2.45) is 17.8 Å². The Hall–Kier alpha value is -0.730. The van der Waals surface area contributed by atoms with Gasteiger partial charge in [-0.3, -0.25) is 0 Å². The average Bonchev–Trinajstić information content (AvgIpc) is 2.74. The van der Waals surface area contributed by atoms with Crippen LogP contribution in [0.2, 0.25) is 0 Å². The van der Waals surface area contributed by atoms with Gasteiger partial charge >= 0.3 is 6.03 Å². The van der Waals surface area contributed by atoms with Gasteiger partial charge in [-0.25, -0.2) is 4.79 Å². The van der Waals surface area contributed by atoms with Crippen LogP contribution in [0.25, 0.3) is 0 Å². The van der Waals surface area contributed by atoms with E-state index in [9.17, 15) is 4.79 Å². The maximum absolute atomic E-state index is 11.3. The molecule has 80 valence electrons. The van der Waals surface area contributed by atoms with Gasteiger partial charge in [0.15, 0.2) is 0 Å². The molecule has 0 aromatic carbocycles. The lowest BCUT2D eigenvalue weighted by atomic mass is 9.89. The second-order valence-corrected chi connectivity index (χ2v) is 5.02. The fourth-order valence-electron chi connectivity index (χ4n) is 3.00. The summed E-state index contributed by atoms with van der Waals surface area (Å²) in [5.74, 6) is 2.64. The van der Waals surface area contributed by atoms with Gasteiger partial charge in [0.05, 0.1) is 0 Å². The summed E-state index contributed by atoms with van der Waals surface area (Å²) in [6.07, 6.45) is 5.59. The van der Waals surface area contributed by atoms with E-state index in [0.29, 0.717) is 0 Å². The van der Waals surface area contributed by atoms with E-state index in [2.05, 4.69) is 5.32 Å². The normalized spacial score (nSPS) is 34.6. The van der Waals surface area contributed by atoms with Gasteiger partial charge in [0.1, 0.15) is 0 Å². The second kappa shape index (κ2) is 3.79. The Kier molecular flexibility index (Phi) is 2.66. The minimum atomic E-state index is 0.0489. The number of hydrogen-bond acceptors (Lipinski definition) is 1. The summed E-state index contributed by atoms with van der Waals surface area (Å²) in [5.41, 5.74) is 0. The van der Waals surface area contributed by atoms with Crippen LogP contribution in [0.5, 0.6) is 0 Å². The van der Waals surface area contributed by atoms with Gasteiger partial charge in [0.2, 0.25) is 0 Å². The number of amides is 2. The number of nitrogens with zero attached hydrogens (tertiary/aromatic N) is 1. The van der Waals surface area contributed by atoms with Crippen molar-refractivity contribution in [2.75, 3.05) is 20.6 Å². The van der Waals surface area contributed by atoms with Crippen LogP contribution in [0, 0.1) is 17.8 Å². The zero-order valence-electron chi connectivity index (χ0n) is 9.12. The van der Waals surface area contributed by atoms with E-state index in [-0.39, 0.29) is 6.03 Å². The van der Waals surface area contributed by atoms with Gasteiger partial charge in [0.25, 0.3) is 0 Å². The highest BCUT2D eigenvalue weighted by Gasteiger charge is 2.39. The largest absolute Gasteiger partial charge is 0.338 e. The first-order chi connectivity index (χ1) is 6.66. The fourth-order valence-corrected chi connectivity index (χ4v) is 3.00. The van der Waals surface area contributed by atoms with Crippen LogP contribution >= 0.6 is 0 Å². The molecule has 3 nitrogen and oxygen atoms in total. The molecule has 2 bridgehead atoms. The molecule has 0 radical (unpaired) electrons. The second-order valence-electron chi connectivity index (χ2n) is 5.02. The van der Waals surface area contributed by atoms with Crippen molar-refractivity contribution < 1.29 is 4.79 Å². The van der Waals surface area contributed by atoms with E-state index < -0.39 is 0 Å². The van der Waals surface area contributed by atoms with Crippen molar-refractivity contribution in [3.63, 3.8) is 0 Å². The molecule has 0 aromatic rings. The van der Waals surface area contributed by atoms with Crippen molar-refractivity contribution in [3.05, 3.63) is 0 Å². The summed E-state index contributed by atoms with van der Waals surface area (Å²) in [7, 11) is 3.58. The van der Waals surface area contributed by atoms with Gasteiger partial charge in [-0.15, -0.1) is 0 Å². The molecule has 2 aliphatic carbocycles. The third-order valence-electron chi connectivity index (χ3n) is 3.81. The third kappa shape index (κ3) is 1.86. The minimum Gasteiger partial charge on any atom is -0.338 e. The van der Waals surface area contributed by atoms with Crippen LogP contribution in [0.15, 0.2) is 0 Å². The maximum Gasteiger partial charge on any atom is 0.316 e. The molecule has 1 N–H and O–H groups in total. The minimum absolute atomic E-state index is 0.0489. The van der Waals surface area contributed by atoms with E-state index in [1.165, 1.54) is 25.7 Å². The molecule has 0 saturated heterocycles. The molecule has 2 fully saturated rings. The molecule has 2 rings (SSSR count). The van der Waals surface area contributed by atoms with Gasteiger partial charge in [-0.1, -0.05) is 6.42 Å². The first-order valence-electron chi connectivity index (χ1n) is 5.62. The quantitative estimate of drug-likeness (QED) is 0.716. The Morgan fingerprint density at radius 3 is 2.64 bits per heavy atom. The Balaban J connectivity index is 1.74. The zero-order valence-corrected chi connectivity index (χ0v) is 9.12. The molecular formula is C11H20N2O. The van der Waals surface area contributed by atoms with Crippen molar-refractivity contribution in [2.45, 2.75) is 25.7 Å². The average molecular weight is 196 g/mol. The van der Waals surface area contributed by atoms with Crippen LogP contribution < -0.4 is 5.32 Å². The fraction of sp³-hybridized carbons (Fsp3) is 0.909. The van der Waals surface area contributed by atoms with E-state index in [4.69, 9.17) is 0 Å². The molecule has 2 saturated carbocycles. The molecule has 14 heavy (non-hydrogen) atoms. The highest BCUT2D eigenvalue weighted by molar-refractivity contribution is 5.73. The number of hydrogen-bond donors (Lipinski definition) is 1. The van der Waals surface area contributed by atoms with Crippen LogP contribution in [0.4, 0.5) is 4.79 Å². The summed E-state index contributed by atoms with van der Waals surface area (Å²) in [4.78, 5) is 12.9. The number of rotatable bonds is 2. The number of nitrogens with one attached hydrogen (secondary N) is 1. The molecule has 2 aliphatic rings. The lowest BCUT2D eigenvalue weighted by molar-refractivity contribution is 0.212. The van der Waals surface area contributed by atoms with E-state index >= 15 is 0 Å². The number of carbonyl (C=O) groups excluding carboxylic acids is 1. The molecule has 0 spiro atoms. The van der Waals surface area contributed by atoms with Crippen molar-refractivity contribution >= 4 is 6.03 Å². The van der Waals surface area contributed by atoms with Crippen LogP contribution in [-0.2, 0) is 0 Å². The lowest BCUT2D eigenvalue weighted by Gasteiger charge is -2.22. The maximum atomic E-state index is 11.3. The molecule has 0 aliphatic heterocycles. The lowest BCUT2D eigenvalue weighted by Crippen LogP contribution is -2.38. The number of carbonyl (C=O) groups is 1. The molecule has 2 amide bonds. The van der Waals surface area contributed by atoms with E-state index in [1.807, 2.05) is 0 Å². The van der Waals surface area contributed by atoms with Crippen LogP contribution in [-0.4, -0.2) is 31.6 Å². The smallest absolute Gasteiger partial charge is 0.316 e. The van der Waals surface area contributed by atoms with Gasteiger partial charge in [-0.05, 0) is 37.0 Å². The summed E-state index contributed by atoms with van der Waals surface area (Å²) in [6, 6.07) is 0.0489. The van der Waals surface area contributed by atoms with Crippen molar-refractivity contribution in [1.82, 2.24) is 10.2 Å². The zero-order chi connectivity index (χ0) is 10.1. The Morgan fingerprint density at radius 2 is 2.14 bits per heavy atom. The van der Waals surface area contributed by atoms with Gasteiger partial charge in [-0.2, -0.15) is 0 Å². The third-order valence-corrected chi connectivity index (χ3v) is 3.81. The molecule has 0 heterocycles. The number of fused-ring (bicyclic) bond motifs is 2. The summed E-state index contributed by atoms with van der Waals surface area (Å²) in [6.45, 7) is 0.887. The van der Waals surface area contributed by atoms with E-state index in [1.54, 1.807) is 19.0 Å². The first kappa shape index (κ1) is 9.81. The van der Waals surface area contributed by atoms with Gasteiger partial charge < -0.3 is 10.2 Å². The molecule has 3 heteroatoms. The molecule has 3 unspecified atom stereocenters. The predicted octanol–water partition coefficient (Wildman–Crippen LogP) is 1.69. The highest BCUT2D eigenvalue weighted by atomic mass is 16.2. The van der Waals surface area contributed by atoms with Crippen molar-refractivity contribution in [1.29, 1.82) is 0 Å². The van der Waals surface area contributed by atoms with Gasteiger partial charge in [0, 0.05) is 20.6 Å².